The summed E-state index contributed by atoms with van der Waals surface area (Å²) in [5, 5.41) is 0. The van der Waals surface area contributed by atoms with E-state index in [2.05, 4.69) is 31.2 Å². The zero-order chi connectivity index (χ0) is 9.52. The molecule has 0 unspecified atom stereocenters. The number of hydrogen-bond acceptors (Lipinski definition) is 0. The molecule has 1 aromatic rings. The average molecular weight is 197 g/mol. The van der Waals surface area contributed by atoms with Gasteiger partial charge in [-0.2, -0.15) is 0 Å². The monoisotopic (exact) mass is 196 g/mol. The van der Waals surface area contributed by atoms with Gasteiger partial charge in [-0.3, -0.25) is 0 Å². The minimum atomic E-state index is 0.785. The summed E-state index contributed by atoms with van der Waals surface area (Å²) in [5.74, 6) is 0.785. The molecule has 0 atom stereocenters. The van der Waals surface area contributed by atoms with Gasteiger partial charge in [-0.25, -0.2) is 0 Å². The molecule has 0 saturated carbocycles. The van der Waals surface area contributed by atoms with Crippen molar-refractivity contribution >= 4 is 11.6 Å². The van der Waals surface area contributed by atoms with Gasteiger partial charge < -0.3 is 0 Å². The van der Waals surface area contributed by atoms with E-state index >= 15 is 0 Å². The zero-order valence-electron chi connectivity index (χ0n) is 8.22. The van der Waals surface area contributed by atoms with E-state index in [-0.39, 0.29) is 0 Å². The molecule has 0 aliphatic rings. The first-order valence-corrected chi connectivity index (χ1v) is 5.54. The number of halogens is 1. The van der Waals surface area contributed by atoms with Crippen LogP contribution in [0.15, 0.2) is 24.3 Å². The average Bonchev–Trinajstić information content (AvgIpc) is 2.19. The molecule has 0 aliphatic heterocycles. The predicted molar refractivity (Wildman–Crippen MR) is 59.5 cm³/mol. The molecule has 0 saturated heterocycles. The highest BCUT2D eigenvalue weighted by Crippen LogP contribution is 2.08. The van der Waals surface area contributed by atoms with Crippen molar-refractivity contribution in [2.24, 2.45) is 0 Å². The van der Waals surface area contributed by atoms with Crippen molar-refractivity contribution in [1.82, 2.24) is 0 Å². The number of alkyl halides is 1. The molecule has 0 aromatic heterocycles. The van der Waals surface area contributed by atoms with Crippen molar-refractivity contribution in [1.29, 1.82) is 0 Å². The van der Waals surface area contributed by atoms with Crippen LogP contribution in [-0.2, 0) is 12.8 Å². The molecule has 1 aromatic carbocycles. The van der Waals surface area contributed by atoms with Crippen LogP contribution in [-0.4, -0.2) is 5.88 Å². The summed E-state index contributed by atoms with van der Waals surface area (Å²) in [4.78, 5) is 0. The topological polar surface area (TPSA) is 0 Å². The zero-order valence-corrected chi connectivity index (χ0v) is 8.98. The van der Waals surface area contributed by atoms with Gasteiger partial charge in [0.05, 0.1) is 0 Å². The summed E-state index contributed by atoms with van der Waals surface area (Å²) < 4.78 is 0. The van der Waals surface area contributed by atoms with E-state index in [0.29, 0.717) is 0 Å². The fourth-order valence-electron chi connectivity index (χ4n) is 1.37. The van der Waals surface area contributed by atoms with Gasteiger partial charge >= 0.3 is 0 Å². The van der Waals surface area contributed by atoms with Crippen LogP contribution in [0.3, 0.4) is 0 Å². The molecular formula is C12H17Cl. The number of hydrogen-bond donors (Lipinski definition) is 0. The molecule has 0 N–H and O–H groups in total. The SMILES string of the molecule is CCc1ccc(CCCCCl)cc1. The van der Waals surface area contributed by atoms with Crippen LogP contribution >= 0.6 is 11.6 Å². The molecule has 72 valence electrons. The molecule has 0 fully saturated rings. The molecule has 1 rings (SSSR count). The fourth-order valence-corrected chi connectivity index (χ4v) is 1.55. The number of aryl methyl sites for hydroxylation is 2. The number of rotatable bonds is 5. The molecule has 0 spiro atoms. The maximum atomic E-state index is 5.62. The highest BCUT2D eigenvalue weighted by Gasteiger charge is 1.93. The Balaban J connectivity index is 2.40. The van der Waals surface area contributed by atoms with Gasteiger partial charge in [0.1, 0.15) is 0 Å². The predicted octanol–water partition coefficient (Wildman–Crippen LogP) is 3.81. The first-order valence-electron chi connectivity index (χ1n) is 5.00. The van der Waals surface area contributed by atoms with Crippen molar-refractivity contribution < 1.29 is 0 Å². The lowest BCUT2D eigenvalue weighted by atomic mass is 10.1. The third-order valence-corrected chi connectivity index (χ3v) is 2.55. The van der Waals surface area contributed by atoms with E-state index in [1.54, 1.807) is 0 Å². The van der Waals surface area contributed by atoms with Gasteiger partial charge in [-0.05, 0) is 36.8 Å². The lowest BCUT2D eigenvalue weighted by molar-refractivity contribution is 0.799. The minimum absolute atomic E-state index is 0.785. The van der Waals surface area contributed by atoms with Gasteiger partial charge in [0.25, 0.3) is 0 Å². The highest BCUT2D eigenvalue weighted by molar-refractivity contribution is 6.17. The van der Waals surface area contributed by atoms with Crippen molar-refractivity contribution in [3.63, 3.8) is 0 Å². The van der Waals surface area contributed by atoms with Crippen LogP contribution in [0.2, 0.25) is 0 Å². The second-order valence-electron chi connectivity index (χ2n) is 3.32. The highest BCUT2D eigenvalue weighted by atomic mass is 35.5. The van der Waals surface area contributed by atoms with Gasteiger partial charge in [0.15, 0.2) is 0 Å². The maximum absolute atomic E-state index is 5.62. The summed E-state index contributed by atoms with van der Waals surface area (Å²) in [6, 6.07) is 8.90. The van der Waals surface area contributed by atoms with Crippen LogP contribution in [0.5, 0.6) is 0 Å². The Kier molecular flexibility index (Phi) is 4.92. The Morgan fingerprint density at radius 3 is 2.15 bits per heavy atom. The van der Waals surface area contributed by atoms with Crippen molar-refractivity contribution in [3.05, 3.63) is 35.4 Å². The lowest BCUT2D eigenvalue weighted by Crippen LogP contribution is -1.87. The van der Waals surface area contributed by atoms with E-state index in [9.17, 15) is 0 Å². The van der Waals surface area contributed by atoms with Crippen LogP contribution in [0.25, 0.3) is 0 Å². The Hall–Kier alpha value is -0.490. The molecule has 0 bridgehead atoms. The summed E-state index contributed by atoms with van der Waals surface area (Å²) in [6.07, 6.45) is 4.62. The van der Waals surface area contributed by atoms with Crippen LogP contribution in [0.4, 0.5) is 0 Å². The van der Waals surface area contributed by atoms with E-state index in [1.807, 2.05) is 0 Å². The molecule has 0 amide bonds. The first-order chi connectivity index (χ1) is 6.36. The van der Waals surface area contributed by atoms with E-state index in [4.69, 9.17) is 11.6 Å². The normalized spacial score (nSPS) is 10.3. The number of benzene rings is 1. The summed E-state index contributed by atoms with van der Waals surface area (Å²) in [5.41, 5.74) is 2.85. The Bertz CT molecular complexity index is 225. The molecular weight excluding hydrogens is 180 g/mol. The minimum Gasteiger partial charge on any atom is -0.127 e. The summed E-state index contributed by atoms with van der Waals surface area (Å²) in [6.45, 7) is 2.18. The third-order valence-electron chi connectivity index (χ3n) is 2.28. The lowest BCUT2D eigenvalue weighted by Gasteiger charge is -2.01. The quantitative estimate of drug-likeness (QED) is 0.496. The van der Waals surface area contributed by atoms with E-state index < -0.39 is 0 Å². The van der Waals surface area contributed by atoms with E-state index in [0.717, 1.165) is 25.1 Å². The summed E-state index contributed by atoms with van der Waals surface area (Å²) in [7, 11) is 0. The Labute approximate surface area is 85.9 Å². The standard InChI is InChI=1S/C12H17Cl/c1-2-11-6-8-12(9-7-11)5-3-4-10-13/h6-9H,2-5,10H2,1H3. The van der Waals surface area contributed by atoms with Crippen LogP contribution in [0, 0.1) is 0 Å². The molecule has 0 heterocycles. The third kappa shape index (κ3) is 3.82. The molecule has 1 heteroatoms. The fraction of sp³-hybridized carbons (Fsp3) is 0.500. The van der Waals surface area contributed by atoms with Crippen LogP contribution in [0.1, 0.15) is 30.9 Å². The maximum Gasteiger partial charge on any atom is 0.0223 e. The van der Waals surface area contributed by atoms with Crippen LogP contribution < -0.4 is 0 Å². The smallest absolute Gasteiger partial charge is 0.0223 e. The second-order valence-corrected chi connectivity index (χ2v) is 3.69. The molecule has 0 aliphatic carbocycles. The Morgan fingerprint density at radius 2 is 1.62 bits per heavy atom. The van der Waals surface area contributed by atoms with Gasteiger partial charge in [-0.1, -0.05) is 31.2 Å². The van der Waals surface area contributed by atoms with Gasteiger partial charge in [-0.15, -0.1) is 11.6 Å². The number of unbranched alkanes of at least 4 members (excludes halogenated alkanes) is 1. The summed E-state index contributed by atoms with van der Waals surface area (Å²) >= 11 is 5.62. The molecule has 0 radical (unpaired) electrons. The van der Waals surface area contributed by atoms with Crippen molar-refractivity contribution in [2.45, 2.75) is 32.6 Å². The largest absolute Gasteiger partial charge is 0.127 e. The van der Waals surface area contributed by atoms with Gasteiger partial charge in [0.2, 0.25) is 0 Å². The van der Waals surface area contributed by atoms with Crippen molar-refractivity contribution in [3.8, 4) is 0 Å². The van der Waals surface area contributed by atoms with Gasteiger partial charge in [0, 0.05) is 5.88 Å². The molecule has 0 nitrogen and oxygen atoms in total. The van der Waals surface area contributed by atoms with E-state index in [1.165, 1.54) is 17.5 Å². The Morgan fingerprint density at radius 1 is 1.00 bits per heavy atom. The second kappa shape index (κ2) is 6.04. The molecule has 13 heavy (non-hydrogen) atoms. The first kappa shape index (κ1) is 10.6. The van der Waals surface area contributed by atoms with Crippen molar-refractivity contribution in [2.75, 3.05) is 5.88 Å².